The van der Waals surface area contributed by atoms with E-state index in [1.165, 1.54) is 5.56 Å². The van der Waals surface area contributed by atoms with Crippen molar-refractivity contribution in [1.29, 1.82) is 0 Å². The first-order chi connectivity index (χ1) is 10.8. The van der Waals surface area contributed by atoms with E-state index in [1.807, 2.05) is 30.7 Å². The molecule has 4 rings (SSSR count). The molecular formula is C17H12N4S. The summed E-state index contributed by atoms with van der Waals surface area (Å²) in [5.74, 6) is 0. The second-order valence-electron chi connectivity index (χ2n) is 4.97. The minimum Gasteiger partial charge on any atom is -0.264 e. The number of fused-ring (bicyclic) bond motifs is 1. The van der Waals surface area contributed by atoms with Gasteiger partial charge in [0.15, 0.2) is 0 Å². The summed E-state index contributed by atoms with van der Waals surface area (Å²) in [4.78, 5) is 17.3. The molecule has 4 nitrogen and oxygen atoms in total. The molecule has 22 heavy (non-hydrogen) atoms. The van der Waals surface area contributed by atoms with Gasteiger partial charge in [-0.15, -0.1) is 11.3 Å². The van der Waals surface area contributed by atoms with Gasteiger partial charge in [0, 0.05) is 53.1 Å². The Bertz CT molecular complexity index is 947. The Morgan fingerprint density at radius 3 is 2.55 bits per heavy atom. The van der Waals surface area contributed by atoms with Crippen molar-refractivity contribution in [2.24, 2.45) is 0 Å². The second kappa shape index (κ2) is 5.27. The zero-order valence-electron chi connectivity index (χ0n) is 11.9. The van der Waals surface area contributed by atoms with Crippen molar-refractivity contribution in [2.75, 3.05) is 0 Å². The number of pyridine rings is 2. The van der Waals surface area contributed by atoms with Crippen molar-refractivity contribution >= 4 is 21.6 Å². The third-order valence-electron chi connectivity index (χ3n) is 3.62. The minimum absolute atomic E-state index is 0.848. The summed E-state index contributed by atoms with van der Waals surface area (Å²) >= 11 is 1.68. The first-order valence-corrected chi connectivity index (χ1v) is 7.76. The molecule has 0 atom stereocenters. The van der Waals surface area contributed by atoms with Crippen molar-refractivity contribution in [2.45, 2.75) is 6.92 Å². The fourth-order valence-electron chi connectivity index (χ4n) is 2.51. The van der Waals surface area contributed by atoms with Crippen molar-refractivity contribution in [3.8, 4) is 22.4 Å². The SMILES string of the molecule is Cc1ccncc1-c1ccnc2c(-c3cnccn3)csc12. The monoisotopic (exact) mass is 304 g/mol. The molecule has 0 amide bonds. The lowest BCUT2D eigenvalue weighted by Crippen LogP contribution is -1.87. The van der Waals surface area contributed by atoms with Gasteiger partial charge >= 0.3 is 0 Å². The Morgan fingerprint density at radius 2 is 1.73 bits per heavy atom. The highest BCUT2D eigenvalue weighted by Crippen LogP contribution is 2.38. The van der Waals surface area contributed by atoms with Gasteiger partial charge in [-0.1, -0.05) is 0 Å². The molecule has 0 unspecified atom stereocenters. The van der Waals surface area contributed by atoms with Crippen LogP contribution >= 0.6 is 11.3 Å². The van der Waals surface area contributed by atoms with Crippen LogP contribution in [0.1, 0.15) is 5.56 Å². The van der Waals surface area contributed by atoms with E-state index in [0.717, 1.165) is 32.6 Å². The molecule has 0 saturated carbocycles. The summed E-state index contributed by atoms with van der Waals surface area (Å²) in [5, 5.41) is 2.09. The molecule has 4 aromatic rings. The van der Waals surface area contributed by atoms with Crippen LogP contribution in [-0.4, -0.2) is 19.9 Å². The Balaban J connectivity index is 1.97. The maximum absolute atomic E-state index is 4.56. The summed E-state index contributed by atoms with van der Waals surface area (Å²) in [6.45, 7) is 2.10. The summed E-state index contributed by atoms with van der Waals surface area (Å²) in [6.07, 6.45) is 10.7. The van der Waals surface area contributed by atoms with Crippen LogP contribution in [0, 0.1) is 6.92 Å². The molecular weight excluding hydrogens is 292 g/mol. The third-order valence-corrected chi connectivity index (χ3v) is 4.63. The van der Waals surface area contributed by atoms with Crippen LogP contribution in [0.4, 0.5) is 0 Å². The van der Waals surface area contributed by atoms with Crippen LogP contribution in [0.5, 0.6) is 0 Å². The largest absolute Gasteiger partial charge is 0.264 e. The van der Waals surface area contributed by atoms with Gasteiger partial charge in [-0.3, -0.25) is 19.9 Å². The van der Waals surface area contributed by atoms with Crippen LogP contribution in [0.2, 0.25) is 0 Å². The van der Waals surface area contributed by atoms with Crippen LogP contribution in [0.25, 0.3) is 32.6 Å². The van der Waals surface area contributed by atoms with Crippen LogP contribution in [0.15, 0.2) is 54.7 Å². The number of hydrogen-bond donors (Lipinski definition) is 0. The van der Waals surface area contributed by atoms with Gasteiger partial charge in [-0.05, 0) is 24.6 Å². The summed E-state index contributed by atoms with van der Waals surface area (Å²) in [6, 6.07) is 4.07. The highest BCUT2D eigenvalue weighted by molar-refractivity contribution is 7.18. The molecule has 0 saturated heterocycles. The maximum Gasteiger partial charge on any atom is 0.0915 e. The van der Waals surface area contributed by atoms with E-state index in [4.69, 9.17) is 0 Å². The number of aromatic nitrogens is 4. The van der Waals surface area contributed by atoms with Crippen LogP contribution in [-0.2, 0) is 0 Å². The van der Waals surface area contributed by atoms with Gasteiger partial charge in [-0.2, -0.15) is 0 Å². The Labute approximate surface area is 131 Å². The highest BCUT2D eigenvalue weighted by atomic mass is 32.1. The van der Waals surface area contributed by atoms with E-state index in [9.17, 15) is 0 Å². The molecule has 0 bridgehead atoms. The Morgan fingerprint density at radius 1 is 0.818 bits per heavy atom. The average molecular weight is 304 g/mol. The van der Waals surface area contributed by atoms with Gasteiger partial charge in [0.2, 0.25) is 0 Å². The predicted octanol–water partition coefficient (Wildman–Crippen LogP) is 4.12. The number of rotatable bonds is 2. The zero-order valence-corrected chi connectivity index (χ0v) is 12.7. The fraction of sp³-hybridized carbons (Fsp3) is 0.0588. The third kappa shape index (κ3) is 2.07. The van der Waals surface area contributed by atoms with Crippen molar-refractivity contribution in [1.82, 2.24) is 19.9 Å². The molecule has 106 valence electrons. The van der Waals surface area contributed by atoms with E-state index < -0.39 is 0 Å². The molecule has 0 fully saturated rings. The normalized spacial score (nSPS) is 11.0. The lowest BCUT2D eigenvalue weighted by atomic mass is 10.0. The van der Waals surface area contributed by atoms with Gasteiger partial charge in [0.05, 0.1) is 22.1 Å². The van der Waals surface area contributed by atoms with Crippen molar-refractivity contribution < 1.29 is 0 Å². The van der Waals surface area contributed by atoms with Gasteiger partial charge in [0.1, 0.15) is 0 Å². The van der Waals surface area contributed by atoms with Gasteiger partial charge in [-0.25, -0.2) is 0 Å². The lowest BCUT2D eigenvalue weighted by molar-refractivity contribution is 1.21. The fourth-order valence-corrected chi connectivity index (χ4v) is 3.56. The molecule has 4 heterocycles. The molecule has 0 radical (unpaired) electrons. The average Bonchev–Trinajstić information content (AvgIpc) is 3.00. The van der Waals surface area contributed by atoms with E-state index in [2.05, 4.69) is 32.2 Å². The van der Waals surface area contributed by atoms with E-state index in [1.54, 1.807) is 29.9 Å². The minimum atomic E-state index is 0.848. The van der Waals surface area contributed by atoms with E-state index in [-0.39, 0.29) is 0 Å². The molecule has 0 aliphatic rings. The van der Waals surface area contributed by atoms with Crippen molar-refractivity contribution in [3.05, 3.63) is 60.3 Å². The predicted molar refractivity (Wildman–Crippen MR) is 88.6 cm³/mol. The summed E-state index contributed by atoms with van der Waals surface area (Å²) in [7, 11) is 0. The number of thiophene rings is 1. The van der Waals surface area contributed by atoms with Gasteiger partial charge < -0.3 is 0 Å². The zero-order chi connectivity index (χ0) is 14.9. The first kappa shape index (κ1) is 13.0. The van der Waals surface area contributed by atoms with Gasteiger partial charge in [0.25, 0.3) is 0 Å². The summed E-state index contributed by atoms with van der Waals surface area (Å²) in [5.41, 5.74) is 6.35. The molecule has 0 spiro atoms. The van der Waals surface area contributed by atoms with E-state index in [0.29, 0.717) is 0 Å². The van der Waals surface area contributed by atoms with Crippen LogP contribution < -0.4 is 0 Å². The molecule has 0 aromatic carbocycles. The lowest BCUT2D eigenvalue weighted by Gasteiger charge is -2.06. The highest BCUT2D eigenvalue weighted by Gasteiger charge is 2.14. The molecule has 0 aliphatic heterocycles. The van der Waals surface area contributed by atoms with Crippen molar-refractivity contribution in [3.63, 3.8) is 0 Å². The molecule has 0 aliphatic carbocycles. The number of hydrogen-bond acceptors (Lipinski definition) is 5. The molecule has 0 N–H and O–H groups in total. The Hall–Kier alpha value is -2.66. The molecule has 4 aromatic heterocycles. The first-order valence-electron chi connectivity index (χ1n) is 6.88. The quantitative estimate of drug-likeness (QED) is 0.559. The standard InChI is InChI=1S/C17H12N4S/c1-11-2-4-18-8-13(11)12-3-5-21-16-14(10-22-17(12)16)15-9-19-6-7-20-15/h2-10H,1H3. The van der Waals surface area contributed by atoms with Crippen LogP contribution in [0.3, 0.4) is 0 Å². The molecule has 5 heteroatoms. The smallest absolute Gasteiger partial charge is 0.0915 e. The number of aryl methyl sites for hydroxylation is 1. The van der Waals surface area contributed by atoms with E-state index >= 15 is 0 Å². The number of nitrogens with zero attached hydrogens (tertiary/aromatic N) is 4. The Kier molecular flexibility index (Phi) is 3.12. The topological polar surface area (TPSA) is 51.6 Å². The summed E-state index contributed by atoms with van der Waals surface area (Å²) < 4.78 is 1.15. The second-order valence-corrected chi connectivity index (χ2v) is 5.85. The maximum atomic E-state index is 4.56.